The summed E-state index contributed by atoms with van der Waals surface area (Å²) in [5.74, 6) is 0. The number of allylic oxidation sites excluding steroid dienone is 1. The van der Waals surface area contributed by atoms with E-state index in [1.165, 1.54) is 5.70 Å². The summed E-state index contributed by atoms with van der Waals surface area (Å²) >= 11 is 0. The molecule has 0 aliphatic carbocycles. The molecular weight excluding hydrogens is 238 g/mol. The van der Waals surface area contributed by atoms with Gasteiger partial charge in [0.1, 0.15) is 0 Å². The summed E-state index contributed by atoms with van der Waals surface area (Å²) in [5.41, 5.74) is 13.8. The topological polar surface area (TPSA) is 56.6 Å². The molecule has 0 saturated carbocycles. The summed E-state index contributed by atoms with van der Waals surface area (Å²) in [6.45, 7) is 11.9. The van der Waals surface area contributed by atoms with Crippen LogP contribution in [-0.4, -0.2) is 35.7 Å². The number of hydrogen-bond donors (Lipinski definition) is 3. The van der Waals surface area contributed by atoms with E-state index >= 15 is 0 Å². The Morgan fingerprint density at radius 3 is 2.53 bits per heavy atom. The molecule has 5 heteroatoms. The standard InChI is InChI=1S/C14H31N5/c1-11(2)18(6)10-19-9-13(16-17-19)8-14(4,5)7-12(3)15/h9,11-12,16-17H,7-8,10,15H2,1-6H3. The summed E-state index contributed by atoms with van der Waals surface area (Å²) < 4.78 is 0. The lowest BCUT2D eigenvalue weighted by molar-refractivity contribution is 0.130. The second-order valence-electron chi connectivity index (χ2n) is 6.88. The van der Waals surface area contributed by atoms with Gasteiger partial charge in [-0.2, -0.15) is 0 Å². The van der Waals surface area contributed by atoms with Crippen molar-refractivity contribution in [2.75, 3.05) is 13.7 Å². The Kier molecular flexibility index (Phi) is 5.64. The molecule has 0 radical (unpaired) electrons. The maximum absolute atomic E-state index is 5.91. The fourth-order valence-corrected chi connectivity index (χ4v) is 2.43. The molecule has 1 heterocycles. The van der Waals surface area contributed by atoms with Crippen molar-refractivity contribution < 1.29 is 0 Å². The Morgan fingerprint density at radius 1 is 1.37 bits per heavy atom. The third-order valence-corrected chi connectivity index (χ3v) is 3.47. The molecule has 0 amide bonds. The lowest BCUT2D eigenvalue weighted by atomic mass is 9.82. The summed E-state index contributed by atoms with van der Waals surface area (Å²) in [6.07, 6.45) is 4.18. The van der Waals surface area contributed by atoms with E-state index in [1.54, 1.807) is 0 Å². The highest BCUT2D eigenvalue weighted by Gasteiger charge is 2.24. The number of nitrogens with two attached hydrogens (primary N) is 1. The van der Waals surface area contributed by atoms with E-state index in [-0.39, 0.29) is 11.5 Å². The molecule has 112 valence electrons. The SMILES string of the molecule is CC(N)CC(C)(C)CC1=CN(CN(C)C(C)C)NN1. The Balaban J connectivity index is 2.48. The summed E-state index contributed by atoms with van der Waals surface area (Å²) in [7, 11) is 2.12. The number of hydrogen-bond acceptors (Lipinski definition) is 5. The zero-order valence-corrected chi connectivity index (χ0v) is 13.3. The molecule has 4 N–H and O–H groups in total. The summed E-state index contributed by atoms with van der Waals surface area (Å²) in [5, 5.41) is 2.08. The molecule has 1 atom stereocenters. The molecule has 5 nitrogen and oxygen atoms in total. The van der Waals surface area contributed by atoms with E-state index in [0.29, 0.717) is 6.04 Å². The van der Waals surface area contributed by atoms with E-state index < -0.39 is 0 Å². The van der Waals surface area contributed by atoms with E-state index in [9.17, 15) is 0 Å². The third-order valence-electron chi connectivity index (χ3n) is 3.47. The van der Waals surface area contributed by atoms with E-state index in [1.807, 2.05) is 0 Å². The molecule has 1 aliphatic rings. The minimum absolute atomic E-state index is 0.217. The zero-order valence-electron chi connectivity index (χ0n) is 13.3. The molecule has 0 aromatic heterocycles. The van der Waals surface area contributed by atoms with Gasteiger partial charge < -0.3 is 11.2 Å². The van der Waals surface area contributed by atoms with Crippen molar-refractivity contribution in [1.82, 2.24) is 20.9 Å². The molecule has 0 fully saturated rings. The van der Waals surface area contributed by atoms with Gasteiger partial charge in [-0.25, -0.2) is 0 Å². The first kappa shape index (κ1) is 16.3. The molecule has 0 aromatic carbocycles. The minimum atomic E-state index is 0.217. The minimum Gasteiger partial charge on any atom is -0.328 e. The van der Waals surface area contributed by atoms with Gasteiger partial charge in [-0.05, 0) is 46.1 Å². The maximum Gasteiger partial charge on any atom is 0.0875 e. The van der Waals surface area contributed by atoms with Gasteiger partial charge in [-0.15, -0.1) is 5.53 Å². The average Bonchev–Trinajstić information content (AvgIpc) is 2.61. The van der Waals surface area contributed by atoms with Crippen molar-refractivity contribution >= 4 is 0 Å². The van der Waals surface area contributed by atoms with E-state index in [0.717, 1.165) is 19.5 Å². The Labute approximate surface area is 118 Å². The zero-order chi connectivity index (χ0) is 14.6. The molecular formula is C14H31N5. The van der Waals surface area contributed by atoms with Crippen LogP contribution in [-0.2, 0) is 0 Å². The van der Waals surface area contributed by atoms with Crippen molar-refractivity contribution in [2.24, 2.45) is 11.1 Å². The van der Waals surface area contributed by atoms with Gasteiger partial charge in [-0.3, -0.25) is 9.91 Å². The van der Waals surface area contributed by atoms with Crippen LogP contribution in [0.1, 0.15) is 47.5 Å². The van der Waals surface area contributed by atoms with Crippen molar-refractivity contribution in [3.05, 3.63) is 11.9 Å². The van der Waals surface area contributed by atoms with Gasteiger partial charge in [0.25, 0.3) is 0 Å². The molecule has 19 heavy (non-hydrogen) atoms. The van der Waals surface area contributed by atoms with Crippen LogP contribution in [0.5, 0.6) is 0 Å². The highest BCUT2D eigenvalue weighted by molar-refractivity contribution is 5.04. The molecule has 0 saturated heterocycles. The van der Waals surface area contributed by atoms with Crippen molar-refractivity contribution in [3.63, 3.8) is 0 Å². The fraction of sp³-hybridized carbons (Fsp3) is 0.857. The average molecular weight is 269 g/mol. The highest BCUT2D eigenvalue weighted by atomic mass is 15.7. The van der Waals surface area contributed by atoms with Crippen LogP contribution in [0.2, 0.25) is 0 Å². The molecule has 1 unspecified atom stereocenters. The maximum atomic E-state index is 5.91. The summed E-state index contributed by atoms with van der Waals surface area (Å²) in [6, 6.07) is 0.780. The highest BCUT2D eigenvalue weighted by Crippen LogP contribution is 2.29. The second-order valence-corrected chi connectivity index (χ2v) is 6.88. The van der Waals surface area contributed by atoms with Crippen LogP contribution in [0.4, 0.5) is 0 Å². The van der Waals surface area contributed by atoms with Gasteiger partial charge in [0.15, 0.2) is 0 Å². The number of nitrogens with one attached hydrogen (secondary N) is 2. The van der Waals surface area contributed by atoms with Crippen LogP contribution in [0.25, 0.3) is 0 Å². The third kappa shape index (κ3) is 5.80. The van der Waals surface area contributed by atoms with Crippen LogP contribution in [0, 0.1) is 5.41 Å². The number of nitrogens with zero attached hydrogens (tertiary/aromatic N) is 2. The van der Waals surface area contributed by atoms with Gasteiger partial charge in [0.05, 0.1) is 6.67 Å². The largest absolute Gasteiger partial charge is 0.328 e. The first-order chi connectivity index (χ1) is 8.69. The molecule has 0 spiro atoms. The molecule has 0 bridgehead atoms. The van der Waals surface area contributed by atoms with Gasteiger partial charge >= 0.3 is 0 Å². The van der Waals surface area contributed by atoms with Crippen molar-refractivity contribution in [2.45, 2.75) is 59.5 Å². The first-order valence-corrected chi connectivity index (χ1v) is 7.14. The molecule has 1 aliphatic heterocycles. The van der Waals surface area contributed by atoms with E-state index in [2.05, 4.69) is 68.7 Å². The van der Waals surface area contributed by atoms with Gasteiger partial charge in [0, 0.05) is 24.0 Å². The Bertz CT molecular complexity index is 309. The van der Waals surface area contributed by atoms with Crippen LogP contribution >= 0.6 is 0 Å². The molecule has 0 aromatic rings. The lowest BCUT2D eigenvalue weighted by Crippen LogP contribution is -2.44. The number of rotatable bonds is 7. The predicted octanol–water partition coefficient (Wildman–Crippen LogP) is 1.60. The molecule has 1 rings (SSSR count). The van der Waals surface area contributed by atoms with Crippen molar-refractivity contribution in [3.8, 4) is 0 Å². The lowest BCUT2D eigenvalue weighted by Gasteiger charge is -2.26. The fourth-order valence-electron chi connectivity index (χ4n) is 2.43. The van der Waals surface area contributed by atoms with E-state index in [4.69, 9.17) is 5.73 Å². The van der Waals surface area contributed by atoms with Crippen LogP contribution in [0.3, 0.4) is 0 Å². The quantitative estimate of drug-likeness (QED) is 0.655. The number of hydrazine groups is 2. The monoisotopic (exact) mass is 269 g/mol. The first-order valence-electron chi connectivity index (χ1n) is 7.14. The predicted molar refractivity (Wildman–Crippen MR) is 80.6 cm³/mol. The normalized spacial score (nSPS) is 17.9. The second kappa shape index (κ2) is 6.59. The van der Waals surface area contributed by atoms with Crippen LogP contribution in [0.15, 0.2) is 11.9 Å². The smallest absolute Gasteiger partial charge is 0.0875 e. The Hall–Kier alpha value is -0.780. The Morgan fingerprint density at radius 2 is 2.00 bits per heavy atom. The van der Waals surface area contributed by atoms with Gasteiger partial charge in [0.2, 0.25) is 0 Å². The van der Waals surface area contributed by atoms with Gasteiger partial charge in [-0.1, -0.05) is 13.8 Å². The summed E-state index contributed by atoms with van der Waals surface area (Å²) in [4.78, 5) is 2.28. The van der Waals surface area contributed by atoms with Crippen LogP contribution < -0.4 is 16.7 Å². The van der Waals surface area contributed by atoms with Crippen molar-refractivity contribution in [1.29, 1.82) is 0 Å².